The van der Waals surface area contributed by atoms with E-state index in [2.05, 4.69) is 14.9 Å². The summed E-state index contributed by atoms with van der Waals surface area (Å²) in [5.74, 6) is 0.834. The minimum Gasteiger partial charge on any atom is -0.475 e. The highest BCUT2D eigenvalue weighted by Crippen LogP contribution is 2.32. The van der Waals surface area contributed by atoms with Crippen LogP contribution in [0.25, 0.3) is 16.6 Å². The first-order valence-corrected chi connectivity index (χ1v) is 10.7. The number of aromatic nitrogens is 3. The van der Waals surface area contributed by atoms with Gasteiger partial charge in [-0.25, -0.2) is 9.37 Å². The number of ether oxygens (including phenoxy) is 1. The van der Waals surface area contributed by atoms with Crippen LogP contribution in [0.15, 0.2) is 47.5 Å². The highest BCUT2D eigenvalue weighted by atomic mass is 19.1. The molecular formula is C23H25FN4O2. The van der Waals surface area contributed by atoms with Crippen LogP contribution in [-0.2, 0) is 6.67 Å². The molecule has 1 saturated carbocycles. The number of likely N-dealkylation sites (tertiary alicyclic amines) is 1. The van der Waals surface area contributed by atoms with Crippen molar-refractivity contribution in [1.29, 1.82) is 0 Å². The topological polar surface area (TPSA) is 60.3 Å². The number of hydrogen-bond donors (Lipinski definition) is 0. The van der Waals surface area contributed by atoms with Crippen molar-refractivity contribution in [1.82, 2.24) is 19.4 Å². The molecule has 1 atom stereocenters. The number of hydrogen-bond acceptors (Lipinski definition) is 5. The number of rotatable bonds is 5. The summed E-state index contributed by atoms with van der Waals surface area (Å²) < 4.78 is 21.3. The summed E-state index contributed by atoms with van der Waals surface area (Å²) in [6.07, 6.45) is 10.4. The number of halogens is 1. The molecule has 1 unspecified atom stereocenters. The third-order valence-corrected chi connectivity index (χ3v) is 6.26. The Labute approximate surface area is 174 Å². The number of nitrogens with zero attached hydrogens (tertiary/aromatic N) is 4. The summed E-state index contributed by atoms with van der Waals surface area (Å²) in [5.41, 5.74) is 0.678. The molecule has 3 heterocycles. The van der Waals surface area contributed by atoms with Gasteiger partial charge in [0.05, 0.1) is 22.8 Å². The fourth-order valence-electron chi connectivity index (χ4n) is 4.46. The molecule has 1 aliphatic carbocycles. The molecule has 156 valence electrons. The molecule has 1 aliphatic heterocycles. The molecule has 2 aromatic heterocycles. The van der Waals surface area contributed by atoms with Gasteiger partial charge in [-0.3, -0.25) is 19.2 Å². The van der Waals surface area contributed by atoms with E-state index in [1.54, 1.807) is 24.4 Å². The zero-order valence-corrected chi connectivity index (χ0v) is 16.8. The quantitative estimate of drug-likeness (QED) is 0.639. The van der Waals surface area contributed by atoms with Gasteiger partial charge in [0.15, 0.2) is 6.23 Å². The number of piperidine rings is 1. The molecule has 3 aromatic rings. The summed E-state index contributed by atoms with van der Waals surface area (Å²) in [6.45, 7) is 0.261. The van der Waals surface area contributed by atoms with Gasteiger partial charge in [-0.1, -0.05) is 6.42 Å². The van der Waals surface area contributed by atoms with Crippen molar-refractivity contribution in [3.05, 3.63) is 58.9 Å². The second kappa shape index (κ2) is 8.14. The summed E-state index contributed by atoms with van der Waals surface area (Å²) in [5, 5.41) is 0.417. The third kappa shape index (κ3) is 3.47. The molecule has 30 heavy (non-hydrogen) atoms. The van der Waals surface area contributed by atoms with E-state index in [4.69, 9.17) is 4.74 Å². The molecule has 7 heteroatoms. The lowest BCUT2D eigenvalue weighted by Crippen LogP contribution is -2.51. The van der Waals surface area contributed by atoms with Gasteiger partial charge in [-0.05, 0) is 62.4 Å². The van der Waals surface area contributed by atoms with Crippen molar-refractivity contribution in [3.63, 3.8) is 0 Å². The first kappa shape index (κ1) is 19.2. The predicted molar refractivity (Wildman–Crippen MR) is 113 cm³/mol. The van der Waals surface area contributed by atoms with Gasteiger partial charge in [0.2, 0.25) is 0 Å². The van der Waals surface area contributed by atoms with Gasteiger partial charge in [0.25, 0.3) is 5.56 Å². The van der Waals surface area contributed by atoms with Crippen molar-refractivity contribution < 1.29 is 9.13 Å². The maximum absolute atomic E-state index is 13.7. The van der Waals surface area contributed by atoms with Crippen molar-refractivity contribution in [3.8, 4) is 11.4 Å². The van der Waals surface area contributed by atoms with Gasteiger partial charge < -0.3 is 4.74 Å². The van der Waals surface area contributed by atoms with E-state index in [1.807, 2.05) is 12.1 Å². The zero-order chi connectivity index (χ0) is 20.5. The molecule has 6 nitrogen and oxygen atoms in total. The molecule has 1 aromatic carbocycles. The minimum atomic E-state index is -0.837. The third-order valence-electron chi connectivity index (χ3n) is 6.26. The van der Waals surface area contributed by atoms with E-state index in [9.17, 15) is 9.18 Å². The summed E-state index contributed by atoms with van der Waals surface area (Å²) in [6, 6.07) is 9.56. The van der Waals surface area contributed by atoms with Gasteiger partial charge in [-0.15, -0.1) is 0 Å². The van der Waals surface area contributed by atoms with E-state index < -0.39 is 6.67 Å². The van der Waals surface area contributed by atoms with Gasteiger partial charge in [0, 0.05) is 18.8 Å². The van der Waals surface area contributed by atoms with E-state index >= 15 is 0 Å². The van der Waals surface area contributed by atoms with Gasteiger partial charge in [-0.2, -0.15) is 0 Å². The lowest BCUT2D eigenvalue weighted by Gasteiger charge is -2.44. The summed E-state index contributed by atoms with van der Waals surface area (Å²) >= 11 is 0. The second-order valence-electron chi connectivity index (χ2n) is 8.08. The largest absolute Gasteiger partial charge is 0.475 e. The maximum Gasteiger partial charge on any atom is 0.266 e. The van der Waals surface area contributed by atoms with Gasteiger partial charge in [0.1, 0.15) is 18.2 Å². The molecule has 1 saturated heterocycles. The Hall–Kier alpha value is -2.80. The van der Waals surface area contributed by atoms with Crippen LogP contribution in [0.2, 0.25) is 0 Å². The highest BCUT2D eigenvalue weighted by Gasteiger charge is 2.33. The standard InChI is InChI=1S/C23H25FN4O2/c24-14-21-26-20-15-25-12-11-19(20)23(29)28(21)17-7-9-18(10-8-17)30-22-6-1-2-13-27(22)16-4-3-5-16/h7-12,15-16,22H,1-6,13-14H2. The summed E-state index contributed by atoms with van der Waals surface area (Å²) in [7, 11) is 0. The average Bonchev–Trinajstić information content (AvgIpc) is 2.74. The summed E-state index contributed by atoms with van der Waals surface area (Å²) in [4.78, 5) is 23.7. The molecule has 0 N–H and O–H groups in total. The van der Waals surface area contributed by atoms with Crippen molar-refractivity contribution >= 4 is 10.9 Å². The fraction of sp³-hybridized carbons (Fsp3) is 0.435. The Bertz CT molecular complexity index is 1090. The van der Waals surface area contributed by atoms with E-state index in [-0.39, 0.29) is 17.6 Å². The van der Waals surface area contributed by atoms with Crippen LogP contribution in [0.3, 0.4) is 0 Å². The molecule has 2 aliphatic rings. The van der Waals surface area contributed by atoms with E-state index in [0.717, 1.165) is 18.7 Å². The monoisotopic (exact) mass is 408 g/mol. The first-order chi connectivity index (χ1) is 14.7. The number of benzene rings is 1. The van der Waals surface area contributed by atoms with Crippen LogP contribution >= 0.6 is 0 Å². The number of pyridine rings is 1. The van der Waals surface area contributed by atoms with Crippen LogP contribution in [0.1, 0.15) is 44.3 Å². The Balaban J connectivity index is 1.42. The normalized spacial score (nSPS) is 20.2. The van der Waals surface area contributed by atoms with Crippen LogP contribution in [0.5, 0.6) is 5.75 Å². The molecular weight excluding hydrogens is 383 g/mol. The Morgan fingerprint density at radius 3 is 2.63 bits per heavy atom. The Kier molecular flexibility index (Phi) is 5.21. The molecule has 5 rings (SSSR count). The van der Waals surface area contributed by atoms with Crippen LogP contribution in [0.4, 0.5) is 4.39 Å². The van der Waals surface area contributed by atoms with Crippen LogP contribution < -0.4 is 10.3 Å². The average molecular weight is 408 g/mol. The van der Waals surface area contributed by atoms with Crippen molar-refractivity contribution in [2.75, 3.05) is 6.54 Å². The van der Waals surface area contributed by atoms with Crippen LogP contribution in [0, 0.1) is 0 Å². The minimum absolute atomic E-state index is 0.0672. The Morgan fingerprint density at radius 1 is 1.07 bits per heavy atom. The van der Waals surface area contributed by atoms with Crippen LogP contribution in [-0.4, -0.2) is 38.2 Å². The predicted octanol–water partition coefficient (Wildman–Crippen LogP) is 3.99. The zero-order valence-electron chi connectivity index (χ0n) is 16.8. The van der Waals surface area contributed by atoms with E-state index in [1.165, 1.54) is 42.9 Å². The maximum atomic E-state index is 13.7. The van der Waals surface area contributed by atoms with Gasteiger partial charge >= 0.3 is 0 Å². The molecule has 0 bridgehead atoms. The molecule has 0 amide bonds. The van der Waals surface area contributed by atoms with Crippen molar-refractivity contribution in [2.24, 2.45) is 0 Å². The number of fused-ring (bicyclic) bond motifs is 1. The smallest absolute Gasteiger partial charge is 0.266 e. The fourth-order valence-corrected chi connectivity index (χ4v) is 4.46. The lowest BCUT2D eigenvalue weighted by atomic mass is 9.89. The first-order valence-electron chi connectivity index (χ1n) is 10.7. The Morgan fingerprint density at radius 2 is 1.90 bits per heavy atom. The SMILES string of the molecule is O=c1c2ccncc2nc(CF)n1-c1ccc(OC2CCCCN2C2CCC2)cc1. The van der Waals surface area contributed by atoms with E-state index in [0.29, 0.717) is 22.6 Å². The highest BCUT2D eigenvalue weighted by molar-refractivity contribution is 5.76. The second-order valence-corrected chi connectivity index (χ2v) is 8.08. The molecule has 2 fully saturated rings. The van der Waals surface area contributed by atoms with Crippen molar-refractivity contribution in [2.45, 2.75) is 57.5 Å². The number of alkyl halides is 1. The lowest BCUT2D eigenvalue weighted by molar-refractivity contribution is -0.0523. The molecule has 0 radical (unpaired) electrons. The molecule has 0 spiro atoms.